The first-order valence-electron chi connectivity index (χ1n) is 8.92. The Morgan fingerprint density at radius 2 is 1.72 bits per heavy atom. The van der Waals surface area contributed by atoms with Gasteiger partial charge in [-0.3, -0.25) is 14.9 Å². The monoisotopic (exact) mass is 421 g/mol. The molecule has 10 heteroatoms. The summed E-state index contributed by atoms with van der Waals surface area (Å²) in [6.07, 6.45) is -0.266. The van der Waals surface area contributed by atoms with E-state index in [-0.39, 0.29) is 23.9 Å². The Labute approximate surface area is 168 Å². The molecule has 156 valence electrons. The van der Waals surface area contributed by atoms with Crippen molar-refractivity contribution >= 4 is 38.7 Å². The average molecular weight is 421 g/mol. The fraction of sp³-hybridized carbons (Fsp3) is 0.316. The third kappa shape index (κ3) is 7.16. The van der Waals surface area contributed by atoms with Crippen molar-refractivity contribution < 1.29 is 27.5 Å². The number of urea groups is 1. The molecular weight excluding hydrogens is 398 g/mol. The zero-order valence-electron chi connectivity index (χ0n) is 16.1. The average Bonchev–Trinajstić information content (AvgIpc) is 2.65. The van der Waals surface area contributed by atoms with Gasteiger partial charge in [0.25, 0.3) is 5.91 Å². The Balaban J connectivity index is 1.78. The fourth-order valence-electron chi connectivity index (χ4n) is 2.38. The van der Waals surface area contributed by atoms with Gasteiger partial charge in [-0.15, -0.1) is 0 Å². The molecule has 0 aliphatic rings. The lowest BCUT2D eigenvalue weighted by atomic mass is 10.1. The van der Waals surface area contributed by atoms with Gasteiger partial charge in [-0.05, 0) is 36.8 Å². The maximum atomic E-state index is 12.4. The maximum Gasteiger partial charge on any atom is 0.321 e. The first-order chi connectivity index (χ1) is 13.7. The summed E-state index contributed by atoms with van der Waals surface area (Å²) in [4.78, 5) is 34.6. The minimum Gasteiger partial charge on any atom is -0.456 e. The molecule has 0 fully saturated rings. The van der Waals surface area contributed by atoms with Crippen molar-refractivity contribution in [1.82, 2.24) is 15.4 Å². The number of rotatable bonds is 8. The molecule has 9 nitrogen and oxygen atoms in total. The van der Waals surface area contributed by atoms with Gasteiger partial charge in [-0.25, -0.2) is 17.9 Å². The molecule has 0 bridgehead atoms. The van der Waals surface area contributed by atoms with E-state index in [4.69, 9.17) is 4.74 Å². The van der Waals surface area contributed by atoms with Crippen LogP contribution in [0, 0.1) is 0 Å². The van der Waals surface area contributed by atoms with Gasteiger partial charge < -0.3 is 10.1 Å². The van der Waals surface area contributed by atoms with E-state index in [2.05, 4.69) is 10.0 Å². The number of hydrogen-bond donors (Lipinski definition) is 3. The summed E-state index contributed by atoms with van der Waals surface area (Å²) in [6, 6.07) is 11.2. The molecule has 0 unspecified atom stereocenters. The molecule has 0 atom stereocenters. The molecule has 0 heterocycles. The van der Waals surface area contributed by atoms with Gasteiger partial charge in [-0.1, -0.05) is 30.3 Å². The number of amides is 3. The highest BCUT2D eigenvalue weighted by Crippen LogP contribution is 2.18. The van der Waals surface area contributed by atoms with E-state index >= 15 is 0 Å². The Bertz CT molecular complexity index is 1000. The molecule has 3 N–H and O–H groups in total. The SMILES string of the molecule is CC(C)NC(=O)NC(=O)COC(=O)CCNS(=O)(=O)c1ccc2ccccc2c1. The van der Waals surface area contributed by atoms with Crippen molar-refractivity contribution in [2.45, 2.75) is 31.2 Å². The van der Waals surface area contributed by atoms with Gasteiger partial charge in [0.05, 0.1) is 11.3 Å². The Morgan fingerprint density at radius 3 is 2.41 bits per heavy atom. The number of ether oxygens (including phenoxy) is 1. The second-order valence-corrected chi connectivity index (χ2v) is 8.26. The van der Waals surface area contributed by atoms with Crippen LogP contribution < -0.4 is 15.4 Å². The topological polar surface area (TPSA) is 131 Å². The van der Waals surface area contributed by atoms with Gasteiger partial charge in [0.15, 0.2) is 6.61 Å². The van der Waals surface area contributed by atoms with Crippen molar-refractivity contribution in [3.05, 3.63) is 42.5 Å². The van der Waals surface area contributed by atoms with Gasteiger partial charge in [0.1, 0.15) is 0 Å². The number of carbonyl (C=O) groups excluding carboxylic acids is 3. The van der Waals surface area contributed by atoms with Gasteiger partial charge >= 0.3 is 12.0 Å². The summed E-state index contributed by atoms with van der Waals surface area (Å²) >= 11 is 0. The van der Waals surface area contributed by atoms with E-state index in [9.17, 15) is 22.8 Å². The highest BCUT2D eigenvalue weighted by atomic mass is 32.2. The van der Waals surface area contributed by atoms with Gasteiger partial charge in [-0.2, -0.15) is 0 Å². The highest BCUT2D eigenvalue weighted by Gasteiger charge is 2.16. The lowest BCUT2D eigenvalue weighted by molar-refractivity contribution is -0.148. The van der Waals surface area contributed by atoms with E-state index in [1.165, 1.54) is 6.07 Å². The predicted molar refractivity (Wildman–Crippen MR) is 107 cm³/mol. The van der Waals surface area contributed by atoms with Crippen LogP contribution in [0.2, 0.25) is 0 Å². The fourth-order valence-corrected chi connectivity index (χ4v) is 3.45. The normalized spacial score (nSPS) is 11.3. The van der Waals surface area contributed by atoms with Crippen molar-refractivity contribution in [2.24, 2.45) is 0 Å². The molecule has 0 aliphatic heterocycles. The van der Waals surface area contributed by atoms with E-state index in [1.807, 2.05) is 23.5 Å². The molecule has 3 amide bonds. The quantitative estimate of drug-likeness (QED) is 0.551. The molecule has 0 saturated heterocycles. The first-order valence-corrected chi connectivity index (χ1v) is 10.4. The van der Waals surface area contributed by atoms with Crippen molar-refractivity contribution in [1.29, 1.82) is 0 Å². The lowest BCUT2D eigenvalue weighted by Crippen LogP contribution is -2.44. The van der Waals surface area contributed by atoms with E-state index < -0.39 is 34.5 Å². The zero-order valence-corrected chi connectivity index (χ0v) is 16.9. The second kappa shape index (κ2) is 9.99. The number of carbonyl (C=O) groups is 3. The molecule has 2 aromatic carbocycles. The highest BCUT2D eigenvalue weighted by molar-refractivity contribution is 7.89. The maximum absolute atomic E-state index is 12.4. The summed E-state index contributed by atoms with van der Waals surface area (Å²) < 4.78 is 31.8. The lowest BCUT2D eigenvalue weighted by Gasteiger charge is -2.10. The number of sulfonamides is 1. The first kappa shape index (κ1) is 22.3. The Kier molecular flexibility index (Phi) is 7.68. The summed E-state index contributed by atoms with van der Waals surface area (Å²) in [5.74, 6) is -1.56. The van der Waals surface area contributed by atoms with Crippen LogP contribution in [0.4, 0.5) is 4.79 Å². The van der Waals surface area contributed by atoms with Crippen LogP contribution >= 0.6 is 0 Å². The van der Waals surface area contributed by atoms with E-state index in [0.717, 1.165) is 10.8 Å². The van der Waals surface area contributed by atoms with E-state index in [1.54, 1.807) is 32.0 Å². The zero-order chi connectivity index (χ0) is 21.4. The van der Waals surface area contributed by atoms with Gasteiger partial charge in [0.2, 0.25) is 10.0 Å². The molecule has 2 aromatic rings. The molecule has 29 heavy (non-hydrogen) atoms. The van der Waals surface area contributed by atoms with Crippen LogP contribution in [0.25, 0.3) is 10.8 Å². The van der Waals surface area contributed by atoms with Crippen LogP contribution in [0.3, 0.4) is 0 Å². The third-order valence-corrected chi connectivity index (χ3v) is 5.15. The minimum absolute atomic E-state index is 0.0834. The number of fused-ring (bicyclic) bond motifs is 1. The largest absolute Gasteiger partial charge is 0.456 e. The summed E-state index contributed by atoms with van der Waals surface area (Å²) in [5.41, 5.74) is 0. The minimum atomic E-state index is -3.80. The summed E-state index contributed by atoms with van der Waals surface area (Å²) in [6.45, 7) is 2.62. The number of hydrogen-bond acceptors (Lipinski definition) is 6. The van der Waals surface area contributed by atoms with Crippen LogP contribution in [0.5, 0.6) is 0 Å². The Hall–Kier alpha value is -2.98. The standard InChI is InChI=1S/C19H23N3O6S/c1-13(2)21-19(25)22-17(23)12-28-18(24)9-10-20-29(26,27)16-8-7-14-5-3-4-6-15(14)11-16/h3-8,11,13,20H,9-10,12H2,1-2H3,(H2,21,22,23,25). The summed E-state index contributed by atoms with van der Waals surface area (Å²) in [5, 5.41) is 6.15. The van der Waals surface area contributed by atoms with Crippen LogP contribution in [-0.2, 0) is 24.3 Å². The van der Waals surface area contributed by atoms with Crippen molar-refractivity contribution in [2.75, 3.05) is 13.2 Å². The van der Waals surface area contributed by atoms with Crippen molar-refractivity contribution in [3.8, 4) is 0 Å². The van der Waals surface area contributed by atoms with Crippen LogP contribution in [0.15, 0.2) is 47.4 Å². The molecule has 0 radical (unpaired) electrons. The molecular formula is C19H23N3O6S. The number of nitrogens with one attached hydrogen (secondary N) is 3. The third-order valence-electron chi connectivity index (χ3n) is 3.69. The predicted octanol–water partition coefficient (Wildman–Crippen LogP) is 1.29. The van der Waals surface area contributed by atoms with Crippen molar-refractivity contribution in [3.63, 3.8) is 0 Å². The van der Waals surface area contributed by atoms with Gasteiger partial charge in [0, 0.05) is 12.6 Å². The number of imide groups is 1. The number of esters is 1. The second-order valence-electron chi connectivity index (χ2n) is 6.49. The number of benzene rings is 2. The van der Waals surface area contributed by atoms with E-state index in [0.29, 0.717) is 0 Å². The molecule has 0 aliphatic carbocycles. The smallest absolute Gasteiger partial charge is 0.321 e. The van der Waals surface area contributed by atoms with Crippen LogP contribution in [0.1, 0.15) is 20.3 Å². The Morgan fingerprint density at radius 1 is 1.03 bits per heavy atom. The molecule has 0 spiro atoms. The molecule has 2 rings (SSSR count). The summed E-state index contributed by atoms with van der Waals surface area (Å²) in [7, 11) is -3.80. The molecule has 0 saturated carbocycles. The molecule has 0 aromatic heterocycles. The van der Waals surface area contributed by atoms with Crippen LogP contribution in [-0.4, -0.2) is 45.5 Å².